The fourth-order valence-corrected chi connectivity index (χ4v) is 4.60. The number of halogens is 1. The highest BCUT2D eigenvalue weighted by molar-refractivity contribution is 7.89. The summed E-state index contributed by atoms with van der Waals surface area (Å²) in [7, 11) is -3.61. The summed E-state index contributed by atoms with van der Waals surface area (Å²) in [5.74, 6) is -0.547. The van der Waals surface area contributed by atoms with Gasteiger partial charge in [0.25, 0.3) is 0 Å². The van der Waals surface area contributed by atoms with E-state index in [4.69, 9.17) is 4.74 Å². The molecule has 1 aliphatic rings. The van der Waals surface area contributed by atoms with Crippen LogP contribution in [-0.2, 0) is 14.8 Å². The van der Waals surface area contributed by atoms with Crippen LogP contribution in [0, 0.1) is 12.7 Å². The summed E-state index contributed by atoms with van der Waals surface area (Å²) in [6.07, 6.45) is 0.628. The molecule has 0 spiro atoms. The number of hydrogen-bond acceptors (Lipinski definition) is 5. The Balaban J connectivity index is 1.47. The number of carbonyl (C=O) groups is 1. The van der Waals surface area contributed by atoms with Gasteiger partial charge in [0.2, 0.25) is 10.0 Å². The minimum atomic E-state index is -3.61. The highest BCUT2D eigenvalue weighted by atomic mass is 32.2. The monoisotopic (exact) mass is 465 g/mol. The topological polar surface area (TPSA) is 117 Å². The van der Waals surface area contributed by atoms with Crippen molar-refractivity contribution in [3.8, 4) is 0 Å². The van der Waals surface area contributed by atoms with Crippen molar-refractivity contribution < 1.29 is 27.4 Å². The molecule has 4 N–H and O–H groups in total. The second-order valence-electron chi connectivity index (χ2n) is 7.74. The SMILES string of the molecule is Cc1ccc(S(=O)(=O)NCC[C@@H]2CC[C@@H](NC(=O)Nc3ccccc3F)[C@@H](CO)O2)cc1. The third-order valence-corrected chi connectivity index (χ3v) is 6.80. The van der Waals surface area contributed by atoms with E-state index in [1.54, 1.807) is 30.3 Å². The number of amides is 2. The Morgan fingerprint density at radius 2 is 1.88 bits per heavy atom. The Bertz CT molecular complexity index is 1020. The van der Waals surface area contributed by atoms with Gasteiger partial charge < -0.3 is 20.5 Å². The van der Waals surface area contributed by atoms with Gasteiger partial charge >= 0.3 is 6.03 Å². The Morgan fingerprint density at radius 3 is 2.56 bits per heavy atom. The van der Waals surface area contributed by atoms with Crippen molar-refractivity contribution in [1.29, 1.82) is 0 Å². The maximum Gasteiger partial charge on any atom is 0.319 e. The molecule has 0 unspecified atom stereocenters. The van der Waals surface area contributed by atoms with Gasteiger partial charge in [-0.3, -0.25) is 0 Å². The summed E-state index contributed by atoms with van der Waals surface area (Å²) in [5, 5.41) is 14.8. The number of aliphatic hydroxyl groups is 1. The molecule has 2 amide bonds. The van der Waals surface area contributed by atoms with E-state index in [0.717, 1.165) is 5.56 Å². The molecule has 8 nitrogen and oxygen atoms in total. The molecule has 0 aromatic heterocycles. The standard InChI is InChI=1S/C22H28FN3O5S/c1-15-6-9-17(10-7-15)32(29,30)24-13-12-16-8-11-20(21(14-27)31-16)26-22(28)25-19-5-3-2-4-18(19)23/h2-7,9-10,16,20-21,24,27H,8,11-14H2,1H3,(H2,25,26,28)/t16-,20+,21+/m0/s1. The molecule has 3 rings (SSSR count). The molecular formula is C22H28FN3O5S. The summed E-state index contributed by atoms with van der Waals surface area (Å²) < 4.78 is 46.9. The van der Waals surface area contributed by atoms with Gasteiger partial charge in [0.05, 0.1) is 29.3 Å². The second kappa shape index (κ2) is 10.9. The Kier molecular flexibility index (Phi) is 8.19. The van der Waals surface area contributed by atoms with Gasteiger partial charge in [-0.1, -0.05) is 29.8 Å². The van der Waals surface area contributed by atoms with E-state index >= 15 is 0 Å². The van der Waals surface area contributed by atoms with Gasteiger partial charge in [0.1, 0.15) is 11.9 Å². The third-order valence-electron chi connectivity index (χ3n) is 5.32. The quantitative estimate of drug-likeness (QED) is 0.478. The first-order chi connectivity index (χ1) is 15.3. The van der Waals surface area contributed by atoms with Crippen molar-refractivity contribution in [3.05, 3.63) is 59.9 Å². The number of hydrogen-bond donors (Lipinski definition) is 4. The predicted octanol–water partition coefficient (Wildman–Crippen LogP) is 2.53. The molecule has 174 valence electrons. The van der Waals surface area contributed by atoms with Crippen LogP contribution in [-0.4, -0.2) is 51.0 Å². The number of nitrogens with one attached hydrogen (secondary N) is 3. The first-order valence-electron chi connectivity index (χ1n) is 10.4. The van der Waals surface area contributed by atoms with E-state index in [1.165, 1.54) is 18.2 Å². The van der Waals surface area contributed by atoms with Crippen molar-refractivity contribution in [2.75, 3.05) is 18.5 Å². The first kappa shape index (κ1) is 24.1. The van der Waals surface area contributed by atoms with E-state index < -0.39 is 34.0 Å². The number of sulfonamides is 1. The highest BCUT2D eigenvalue weighted by Crippen LogP contribution is 2.22. The van der Waals surface area contributed by atoms with Gasteiger partial charge in [0, 0.05) is 6.54 Å². The van der Waals surface area contributed by atoms with E-state index in [1.807, 2.05) is 6.92 Å². The van der Waals surface area contributed by atoms with Crippen LogP contribution in [0.5, 0.6) is 0 Å². The number of carbonyl (C=O) groups excluding carboxylic acids is 1. The number of urea groups is 1. The lowest BCUT2D eigenvalue weighted by Gasteiger charge is -2.36. The number of rotatable bonds is 8. The van der Waals surface area contributed by atoms with E-state index in [-0.39, 0.29) is 29.8 Å². The number of aryl methyl sites for hydroxylation is 1. The lowest BCUT2D eigenvalue weighted by Crippen LogP contribution is -2.52. The van der Waals surface area contributed by atoms with Gasteiger partial charge in [-0.2, -0.15) is 0 Å². The zero-order valence-electron chi connectivity index (χ0n) is 17.8. The second-order valence-corrected chi connectivity index (χ2v) is 9.51. The van der Waals surface area contributed by atoms with Crippen LogP contribution in [0.4, 0.5) is 14.9 Å². The fourth-order valence-electron chi connectivity index (χ4n) is 3.55. The summed E-state index contributed by atoms with van der Waals surface area (Å²) in [6.45, 7) is 1.76. The summed E-state index contributed by atoms with van der Waals surface area (Å²) in [6, 6.07) is 11.4. The molecule has 0 saturated carbocycles. The highest BCUT2D eigenvalue weighted by Gasteiger charge is 2.32. The summed E-state index contributed by atoms with van der Waals surface area (Å²) in [5.41, 5.74) is 1.03. The van der Waals surface area contributed by atoms with Gasteiger partial charge in [0.15, 0.2) is 0 Å². The fraction of sp³-hybridized carbons (Fsp3) is 0.409. The molecule has 0 bridgehead atoms. The van der Waals surface area contributed by atoms with Crippen LogP contribution in [0.25, 0.3) is 0 Å². The molecular weight excluding hydrogens is 437 g/mol. The molecule has 0 aliphatic carbocycles. The van der Waals surface area contributed by atoms with Crippen LogP contribution in [0.2, 0.25) is 0 Å². The minimum Gasteiger partial charge on any atom is -0.394 e. The predicted molar refractivity (Wildman–Crippen MR) is 118 cm³/mol. The summed E-state index contributed by atoms with van der Waals surface area (Å²) in [4.78, 5) is 12.4. The van der Waals surface area contributed by atoms with Crippen molar-refractivity contribution in [3.63, 3.8) is 0 Å². The summed E-state index contributed by atoms with van der Waals surface area (Å²) >= 11 is 0. The van der Waals surface area contributed by atoms with E-state index in [0.29, 0.717) is 19.3 Å². The minimum absolute atomic E-state index is 0.0565. The number of aliphatic hydroxyl groups excluding tert-OH is 1. The lowest BCUT2D eigenvalue weighted by molar-refractivity contribution is -0.0884. The molecule has 1 saturated heterocycles. The van der Waals surface area contributed by atoms with E-state index in [2.05, 4.69) is 15.4 Å². The van der Waals surface area contributed by atoms with Gasteiger partial charge in [-0.15, -0.1) is 0 Å². The first-order valence-corrected chi connectivity index (χ1v) is 11.9. The van der Waals surface area contributed by atoms with Crippen molar-refractivity contribution in [1.82, 2.24) is 10.0 Å². The lowest BCUT2D eigenvalue weighted by atomic mass is 9.97. The van der Waals surface area contributed by atoms with Crippen LogP contribution >= 0.6 is 0 Å². The normalized spacial score (nSPS) is 21.2. The molecule has 32 heavy (non-hydrogen) atoms. The number of benzene rings is 2. The van der Waals surface area contributed by atoms with Crippen molar-refractivity contribution >= 4 is 21.7 Å². The van der Waals surface area contributed by atoms with Crippen LogP contribution in [0.3, 0.4) is 0 Å². The molecule has 0 radical (unpaired) electrons. The zero-order chi connectivity index (χ0) is 23.1. The zero-order valence-corrected chi connectivity index (χ0v) is 18.6. The average molecular weight is 466 g/mol. The van der Waals surface area contributed by atoms with Crippen molar-refractivity contribution in [2.45, 2.75) is 49.3 Å². The van der Waals surface area contributed by atoms with Crippen molar-refractivity contribution in [2.24, 2.45) is 0 Å². The number of anilines is 1. The van der Waals surface area contributed by atoms with E-state index in [9.17, 15) is 22.7 Å². The Morgan fingerprint density at radius 1 is 1.16 bits per heavy atom. The molecule has 3 atom stereocenters. The Labute approximate surface area is 187 Å². The van der Waals surface area contributed by atoms with Gasteiger partial charge in [-0.05, 0) is 50.5 Å². The maximum absolute atomic E-state index is 13.7. The number of ether oxygens (including phenoxy) is 1. The third kappa shape index (κ3) is 6.49. The van der Waals surface area contributed by atoms with Gasteiger partial charge in [-0.25, -0.2) is 22.3 Å². The van der Waals surface area contributed by atoms with Crippen LogP contribution in [0.1, 0.15) is 24.8 Å². The largest absolute Gasteiger partial charge is 0.394 e. The molecule has 2 aromatic rings. The smallest absolute Gasteiger partial charge is 0.319 e. The molecule has 1 heterocycles. The molecule has 2 aromatic carbocycles. The number of para-hydroxylation sites is 1. The molecule has 1 fully saturated rings. The van der Waals surface area contributed by atoms with Crippen LogP contribution < -0.4 is 15.4 Å². The molecule has 10 heteroatoms. The van der Waals surface area contributed by atoms with Crippen LogP contribution in [0.15, 0.2) is 53.4 Å². The average Bonchev–Trinajstić information content (AvgIpc) is 2.76. The maximum atomic E-state index is 13.7. The molecule has 1 aliphatic heterocycles. The Hall–Kier alpha value is -2.53.